The number of phosphoric ester groups is 4. The van der Waals surface area contributed by atoms with E-state index < -0.39 is 162 Å². The molecule has 0 aromatic carbocycles. The number of aliphatic hydroxyl groups excluding tert-OH is 5. The van der Waals surface area contributed by atoms with Crippen molar-refractivity contribution in [3.05, 3.63) is 0 Å². The largest absolute Gasteiger partial charge is 0.481 e. The van der Waals surface area contributed by atoms with Crippen molar-refractivity contribution in [3.8, 4) is 0 Å². The van der Waals surface area contributed by atoms with Crippen LogP contribution in [0.2, 0.25) is 0 Å². The smallest absolute Gasteiger partial charge is 0.475 e. The SMILES string of the molecule is COP(=O)(OCCCCCCCC(=O)O)O[C@@H]1C[C@H](O)O[C@@H]1COP(=O)(OCCCCCCCC(=O)O)O[C@@H]1C[C@H](O)O[C@@H]1COP(=O)(OCCCCCCCC(=O)O)O[C@@H]1C[C@H](O)O[C@@H]1COP(=O)(OCCCCCCCC(=O)O)O[C@@H]1C[C@H](O)O[C@@H]1CO. The molecule has 4 saturated heterocycles. The third kappa shape index (κ3) is 33.1. The lowest BCUT2D eigenvalue weighted by molar-refractivity contribution is -0.138. The van der Waals surface area contributed by atoms with Gasteiger partial charge in [-0.1, -0.05) is 77.0 Å². The number of aliphatic carboxylic acids is 4. The van der Waals surface area contributed by atoms with Crippen molar-refractivity contribution < 1.29 is 157 Å². The molecular weight excluding hydrogens is 1290 g/mol. The molecule has 4 aliphatic rings. The normalized spacial score (nSPS) is 27.9. The predicted molar refractivity (Wildman–Crippen MR) is 309 cm³/mol. The molecular formula is C53H96O33P4. The standard InChI is InChI=1S/C53H96O33P4/c1-71-87(67,72-26-18-10-2-6-14-22-46(55)56)83-39-31-51(64)80-43(39)35-77-89(69,74-28-20-12-4-8-16-24-48(59)60)85-41-33-53(66)82-45(41)37-78-90(70,75-29-21-13-5-9-17-25-49(61)62)86-40-32-52(65)81-44(40)36-76-88(68,84-38-30-50(63)79-42(38)34-54)73-27-19-11-3-7-15-23-47(57)58/h38-45,50-54,63-66H,2-37H2,1H3,(H,55,56)(H,57,58)(H,59,60)(H,61,62)/t38-,39-,40-,41-,42-,43-,44-,45-,50-,51-,52-,53-,87?,88?,89?,90?/m1/s1. The molecule has 0 spiro atoms. The van der Waals surface area contributed by atoms with Gasteiger partial charge in [-0.3, -0.25) is 73.5 Å². The summed E-state index contributed by atoms with van der Waals surface area (Å²) in [6, 6.07) is 0. The highest BCUT2D eigenvalue weighted by atomic mass is 31.2. The second kappa shape index (κ2) is 43.2. The summed E-state index contributed by atoms with van der Waals surface area (Å²) in [5.41, 5.74) is 0. The summed E-state index contributed by atoms with van der Waals surface area (Å²) in [7, 11) is -17.6. The van der Waals surface area contributed by atoms with Crippen LogP contribution in [0.5, 0.6) is 0 Å². The summed E-state index contributed by atoms with van der Waals surface area (Å²) >= 11 is 0. The second-order valence-corrected chi connectivity index (χ2v) is 28.6. The monoisotopic (exact) mass is 1380 g/mol. The van der Waals surface area contributed by atoms with Crippen molar-refractivity contribution in [2.75, 3.05) is 60.0 Å². The van der Waals surface area contributed by atoms with Crippen LogP contribution in [-0.2, 0) is 111 Å². The van der Waals surface area contributed by atoms with E-state index in [1.807, 2.05) is 0 Å². The van der Waals surface area contributed by atoms with E-state index in [9.17, 15) is 63.0 Å². The van der Waals surface area contributed by atoms with Gasteiger partial charge in [0.1, 0.15) is 48.8 Å². The molecule has 9 N–H and O–H groups in total. The zero-order chi connectivity index (χ0) is 66.0. The lowest BCUT2D eigenvalue weighted by Gasteiger charge is -2.28. The fourth-order valence-corrected chi connectivity index (χ4v) is 15.2. The number of carboxylic acid groups (broad SMARTS) is 4. The maximum atomic E-state index is 14.9. The van der Waals surface area contributed by atoms with Crippen LogP contribution in [0.1, 0.15) is 180 Å². The van der Waals surface area contributed by atoms with Gasteiger partial charge in [-0.25, -0.2) is 18.3 Å². The number of hydrogen-bond acceptors (Lipinski definition) is 29. The third-order valence-electron chi connectivity index (χ3n) is 14.5. The molecule has 0 amide bonds. The molecule has 0 aromatic heterocycles. The zero-order valence-corrected chi connectivity index (χ0v) is 54.6. The first-order valence-corrected chi connectivity index (χ1v) is 36.7. The van der Waals surface area contributed by atoms with Gasteiger partial charge in [0, 0.05) is 58.5 Å². The summed E-state index contributed by atoms with van der Waals surface area (Å²) in [6.07, 6.45) is -7.55. The molecule has 0 aliphatic carbocycles. The Morgan fingerprint density at radius 1 is 0.344 bits per heavy atom. The number of carbonyl (C=O) groups is 4. The van der Waals surface area contributed by atoms with Crippen LogP contribution in [0.4, 0.5) is 0 Å². The Morgan fingerprint density at radius 3 is 0.822 bits per heavy atom. The summed E-state index contributed by atoms with van der Waals surface area (Å²) in [4.78, 5) is 43.7. The number of phosphoric acid groups is 4. The first-order valence-electron chi connectivity index (χ1n) is 30.9. The number of unbranched alkanes of at least 4 members (excludes halogenated alkanes) is 16. The van der Waals surface area contributed by atoms with Crippen molar-refractivity contribution in [3.63, 3.8) is 0 Å². The highest BCUT2D eigenvalue weighted by Gasteiger charge is 2.49. The van der Waals surface area contributed by atoms with Gasteiger partial charge >= 0.3 is 55.2 Å². The van der Waals surface area contributed by atoms with Gasteiger partial charge < -0.3 is 64.9 Å². The topological polar surface area (TPSA) is 466 Å². The Morgan fingerprint density at radius 2 is 0.567 bits per heavy atom. The number of aliphatic hydroxyl groups is 5. The fourth-order valence-electron chi connectivity index (χ4n) is 9.74. The molecule has 4 unspecified atom stereocenters. The quantitative estimate of drug-likeness (QED) is 0.0207. The molecule has 90 heavy (non-hydrogen) atoms. The second-order valence-electron chi connectivity index (χ2n) is 22.1. The van der Waals surface area contributed by atoms with Gasteiger partial charge in [-0.2, -0.15) is 0 Å². The van der Waals surface area contributed by atoms with Gasteiger partial charge in [0.25, 0.3) is 0 Å². The molecule has 16 atom stereocenters. The minimum atomic E-state index is -4.88. The van der Waals surface area contributed by atoms with Gasteiger partial charge in [-0.15, -0.1) is 0 Å². The van der Waals surface area contributed by atoms with Gasteiger partial charge in [0.15, 0.2) is 25.2 Å². The third-order valence-corrected chi connectivity index (χ3v) is 20.5. The molecule has 37 heteroatoms. The van der Waals surface area contributed by atoms with Gasteiger partial charge in [-0.05, 0) is 51.4 Å². The van der Waals surface area contributed by atoms with Crippen molar-refractivity contribution in [1.82, 2.24) is 0 Å². The summed E-state index contributed by atoms with van der Waals surface area (Å²) in [5, 5.41) is 88.1. The van der Waals surface area contributed by atoms with E-state index in [4.69, 9.17) is 93.7 Å². The number of ether oxygens (including phenoxy) is 4. The maximum absolute atomic E-state index is 14.9. The van der Waals surface area contributed by atoms with E-state index in [1.54, 1.807) is 0 Å². The molecule has 4 heterocycles. The van der Waals surface area contributed by atoms with Crippen molar-refractivity contribution in [1.29, 1.82) is 0 Å². The van der Waals surface area contributed by atoms with Crippen LogP contribution in [-0.4, -0.2) is 204 Å². The summed E-state index contributed by atoms with van der Waals surface area (Å²) < 4.78 is 148. The van der Waals surface area contributed by atoms with Crippen LogP contribution in [0.15, 0.2) is 0 Å². The van der Waals surface area contributed by atoms with Crippen molar-refractivity contribution in [2.45, 2.75) is 254 Å². The first kappa shape index (κ1) is 80.4. The Labute approximate surface area is 524 Å². The Kier molecular flexibility index (Phi) is 38.6. The van der Waals surface area contributed by atoms with Crippen LogP contribution in [0.3, 0.4) is 0 Å². The van der Waals surface area contributed by atoms with E-state index in [1.165, 1.54) is 0 Å². The zero-order valence-electron chi connectivity index (χ0n) is 51.0. The highest BCUT2D eigenvalue weighted by Crippen LogP contribution is 2.58. The lowest BCUT2D eigenvalue weighted by atomic mass is 10.1. The van der Waals surface area contributed by atoms with Crippen LogP contribution >= 0.6 is 31.3 Å². The molecule has 0 radical (unpaired) electrons. The molecule has 4 fully saturated rings. The first-order chi connectivity index (χ1) is 42.8. The van der Waals surface area contributed by atoms with Crippen molar-refractivity contribution >= 4 is 55.2 Å². The van der Waals surface area contributed by atoms with E-state index >= 15 is 0 Å². The lowest BCUT2D eigenvalue weighted by Crippen LogP contribution is -2.32. The van der Waals surface area contributed by atoms with E-state index in [0.717, 1.165) is 7.11 Å². The molecule has 526 valence electrons. The van der Waals surface area contributed by atoms with Gasteiger partial charge in [0.2, 0.25) is 0 Å². The minimum Gasteiger partial charge on any atom is -0.481 e. The maximum Gasteiger partial charge on any atom is 0.475 e. The molecule has 4 rings (SSSR count). The van der Waals surface area contributed by atoms with E-state index in [-0.39, 0.29) is 84.2 Å². The number of carboxylic acids is 4. The molecule has 33 nitrogen and oxygen atoms in total. The molecule has 0 saturated carbocycles. The van der Waals surface area contributed by atoms with Crippen LogP contribution in [0, 0.1) is 0 Å². The highest BCUT2D eigenvalue weighted by molar-refractivity contribution is 7.49. The summed E-state index contributed by atoms with van der Waals surface area (Å²) in [6.45, 7) is -3.55. The van der Waals surface area contributed by atoms with Gasteiger partial charge in [0.05, 0.1) is 52.9 Å². The molecule has 4 aliphatic heterocycles. The molecule has 0 aromatic rings. The van der Waals surface area contributed by atoms with E-state index in [0.29, 0.717) is 116 Å². The summed E-state index contributed by atoms with van der Waals surface area (Å²) in [5.74, 6) is -3.69. The predicted octanol–water partition coefficient (Wildman–Crippen LogP) is 7.84. The van der Waals surface area contributed by atoms with Crippen LogP contribution < -0.4 is 0 Å². The number of rotatable bonds is 55. The minimum absolute atomic E-state index is 0.00724. The van der Waals surface area contributed by atoms with Crippen molar-refractivity contribution in [2.24, 2.45) is 0 Å². The molecule has 0 bridgehead atoms. The number of hydrogen-bond donors (Lipinski definition) is 9. The van der Waals surface area contributed by atoms with Crippen LogP contribution in [0.25, 0.3) is 0 Å². The average Bonchev–Trinajstić information content (AvgIpc) is 1.92. The Bertz CT molecular complexity index is 2270. The fraction of sp³-hybridized carbons (Fsp3) is 0.925. The Hall–Kier alpha value is -2.04. The average molecular weight is 1390 g/mol. The van der Waals surface area contributed by atoms with E-state index in [2.05, 4.69) is 0 Å². The Balaban J connectivity index is 1.50.